The van der Waals surface area contributed by atoms with Crippen LogP contribution in [0.15, 0.2) is 16.9 Å². The van der Waals surface area contributed by atoms with Crippen LogP contribution in [0.2, 0.25) is 0 Å². The fraction of sp³-hybridized carbons (Fsp3) is 0.704. The number of aliphatic hydroxyl groups excluding tert-OH is 2. The third-order valence-electron chi connectivity index (χ3n) is 7.48. The van der Waals surface area contributed by atoms with Crippen LogP contribution in [-0.4, -0.2) is 84.7 Å². The Labute approximate surface area is 229 Å². The Kier molecular flexibility index (Phi) is 8.36. The van der Waals surface area contributed by atoms with Gasteiger partial charge in [-0.05, 0) is 44.2 Å². The molecule has 5 heterocycles. The molecular weight excluding hydrogens is 500 g/mol. The third-order valence-corrected chi connectivity index (χ3v) is 7.48. The molecule has 5 rings (SSSR count). The summed E-state index contributed by atoms with van der Waals surface area (Å²) in [5.41, 5.74) is 2.00. The van der Waals surface area contributed by atoms with E-state index in [9.17, 15) is 10.2 Å². The number of anilines is 2. The minimum Gasteiger partial charge on any atom is -0.387 e. The summed E-state index contributed by atoms with van der Waals surface area (Å²) >= 11 is 0. The Morgan fingerprint density at radius 3 is 2.56 bits per heavy atom. The second-order valence-corrected chi connectivity index (χ2v) is 11.8. The van der Waals surface area contributed by atoms with Gasteiger partial charge in [0, 0.05) is 25.7 Å². The molecule has 4 atom stereocenters. The minimum absolute atomic E-state index is 0.166. The topological polar surface area (TPSA) is 147 Å². The molecule has 3 aromatic heterocycles. The van der Waals surface area contributed by atoms with Crippen LogP contribution in [0.25, 0.3) is 11.2 Å². The molecule has 0 radical (unpaired) electrons. The standard InChI is InChI=1S/C27H42N8O4/c1-5-17-15-18(39-33-17)22-20(36)21(37)25(38-22)35-16-30-19-23(28-10-9-27(2,3)4)31-26(32-24(19)35)29-11-14-34-12-7-6-8-13-34/h15-16,20-22,25,36-37H,5-14H2,1-4H3,(H2,28,29,31,32)/t20-,21+,22?,25+/m0/s1. The second kappa shape index (κ2) is 11.7. The molecule has 0 spiro atoms. The number of aryl methyl sites for hydroxylation is 1. The number of rotatable bonds is 10. The second-order valence-electron chi connectivity index (χ2n) is 11.8. The first kappa shape index (κ1) is 27.8. The maximum atomic E-state index is 11.0. The van der Waals surface area contributed by atoms with Gasteiger partial charge in [0.05, 0.1) is 12.0 Å². The zero-order valence-corrected chi connectivity index (χ0v) is 23.4. The number of hydrogen-bond acceptors (Lipinski definition) is 11. The Bertz CT molecular complexity index is 1230. The van der Waals surface area contributed by atoms with Crippen molar-refractivity contribution in [3.8, 4) is 0 Å². The van der Waals surface area contributed by atoms with Gasteiger partial charge in [-0.25, -0.2) is 4.98 Å². The van der Waals surface area contributed by atoms with Crippen molar-refractivity contribution in [3.05, 3.63) is 23.8 Å². The molecule has 39 heavy (non-hydrogen) atoms. The Balaban J connectivity index is 1.40. The summed E-state index contributed by atoms with van der Waals surface area (Å²) in [6, 6.07) is 1.75. The third kappa shape index (κ3) is 6.34. The summed E-state index contributed by atoms with van der Waals surface area (Å²) in [6.45, 7) is 13.2. The van der Waals surface area contributed by atoms with Gasteiger partial charge >= 0.3 is 0 Å². The molecule has 0 aromatic carbocycles. The van der Waals surface area contributed by atoms with Gasteiger partial charge in [0.1, 0.15) is 18.3 Å². The summed E-state index contributed by atoms with van der Waals surface area (Å²) in [5.74, 6) is 1.48. The number of ether oxygens (including phenoxy) is 1. The van der Waals surface area contributed by atoms with Gasteiger partial charge in [0.2, 0.25) is 5.95 Å². The average Bonchev–Trinajstić information content (AvgIpc) is 3.62. The molecule has 214 valence electrons. The first-order valence-corrected chi connectivity index (χ1v) is 14.2. The van der Waals surface area contributed by atoms with E-state index in [0.717, 1.165) is 44.8 Å². The van der Waals surface area contributed by atoms with Gasteiger partial charge in [-0.1, -0.05) is 39.3 Å². The molecule has 2 fully saturated rings. The molecule has 4 N–H and O–H groups in total. The summed E-state index contributed by atoms with van der Waals surface area (Å²) in [6.07, 6.45) is 2.83. The first-order chi connectivity index (χ1) is 18.7. The van der Waals surface area contributed by atoms with Crippen molar-refractivity contribution in [1.82, 2.24) is 29.6 Å². The van der Waals surface area contributed by atoms with Gasteiger partial charge in [0.25, 0.3) is 0 Å². The predicted octanol–water partition coefficient (Wildman–Crippen LogP) is 3.11. The van der Waals surface area contributed by atoms with Crippen LogP contribution in [0, 0.1) is 5.41 Å². The van der Waals surface area contributed by atoms with E-state index < -0.39 is 24.5 Å². The van der Waals surface area contributed by atoms with E-state index in [1.165, 1.54) is 19.3 Å². The molecular formula is C27H42N8O4. The number of nitrogens with one attached hydrogen (secondary N) is 2. The van der Waals surface area contributed by atoms with Crippen LogP contribution < -0.4 is 10.6 Å². The van der Waals surface area contributed by atoms with E-state index in [-0.39, 0.29) is 5.41 Å². The zero-order valence-electron chi connectivity index (χ0n) is 23.4. The summed E-state index contributed by atoms with van der Waals surface area (Å²) < 4.78 is 13.2. The molecule has 3 aromatic rings. The number of aliphatic hydroxyl groups is 2. The monoisotopic (exact) mass is 542 g/mol. The van der Waals surface area contributed by atoms with Crippen LogP contribution in [0.4, 0.5) is 11.8 Å². The van der Waals surface area contributed by atoms with Crippen molar-refractivity contribution in [1.29, 1.82) is 0 Å². The average molecular weight is 543 g/mol. The van der Waals surface area contributed by atoms with Crippen molar-refractivity contribution in [2.24, 2.45) is 5.41 Å². The normalized spacial score (nSPS) is 24.5. The highest BCUT2D eigenvalue weighted by atomic mass is 16.6. The first-order valence-electron chi connectivity index (χ1n) is 14.2. The van der Waals surface area contributed by atoms with E-state index >= 15 is 0 Å². The van der Waals surface area contributed by atoms with Crippen molar-refractivity contribution in [2.45, 2.75) is 84.3 Å². The number of nitrogens with zero attached hydrogens (tertiary/aromatic N) is 6. The van der Waals surface area contributed by atoms with Gasteiger partial charge in [-0.3, -0.25) is 4.57 Å². The van der Waals surface area contributed by atoms with Gasteiger partial charge in [0.15, 0.2) is 29.0 Å². The lowest BCUT2D eigenvalue weighted by Crippen LogP contribution is -2.34. The zero-order chi connectivity index (χ0) is 27.6. The van der Waals surface area contributed by atoms with Crippen molar-refractivity contribution in [2.75, 3.05) is 43.4 Å². The van der Waals surface area contributed by atoms with Gasteiger partial charge in [-0.15, -0.1) is 0 Å². The molecule has 0 bridgehead atoms. The molecule has 12 heteroatoms. The van der Waals surface area contributed by atoms with E-state index in [0.29, 0.717) is 35.1 Å². The summed E-state index contributed by atoms with van der Waals surface area (Å²) in [5, 5.41) is 32.6. The number of likely N-dealkylation sites (tertiary alicyclic amines) is 1. The van der Waals surface area contributed by atoms with Gasteiger partial charge in [-0.2, -0.15) is 9.97 Å². The number of fused-ring (bicyclic) bond motifs is 1. The van der Waals surface area contributed by atoms with E-state index in [2.05, 4.69) is 46.4 Å². The maximum Gasteiger partial charge on any atom is 0.226 e. The lowest BCUT2D eigenvalue weighted by atomic mass is 9.92. The lowest BCUT2D eigenvalue weighted by molar-refractivity contribution is -0.0434. The van der Waals surface area contributed by atoms with E-state index in [4.69, 9.17) is 19.2 Å². The van der Waals surface area contributed by atoms with E-state index in [1.807, 2.05) is 6.92 Å². The van der Waals surface area contributed by atoms with Gasteiger partial charge < -0.3 is 35.0 Å². The molecule has 1 unspecified atom stereocenters. The number of aromatic nitrogens is 5. The lowest BCUT2D eigenvalue weighted by Gasteiger charge is -2.26. The predicted molar refractivity (Wildman–Crippen MR) is 147 cm³/mol. The Hall–Kier alpha value is -2.80. The van der Waals surface area contributed by atoms with Crippen molar-refractivity contribution in [3.63, 3.8) is 0 Å². The maximum absolute atomic E-state index is 11.0. The molecule has 0 aliphatic carbocycles. The molecule has 2 aliphatic rings. The van der Waals surface area contributed by atoms with Crippen LogP contribution in [0.5, 0.6) is 0 Å². The smallest absolute Gasteiger partial charge is 0.226 e. The van der Waals surface area contributed by atoms with Crippen LogP contribution in [-0.2, 0) is 11.2 Å². The summed E-state index contributed by atoms with van der Waals surface area (Å²) in [7, 11) is 0. The van der Waals surface area contributed by atoms with Crippen molar-refractivity contribution >= 4 is 22.9 Å². The number of imidazole rings is 1. The molecule has 12 nitrogen and oxygen atoms in total. The highest BCUT2D eigenvalue weighted by Gasteiger charge is 2.47. The Morgan fingerprint density at radius 1 is 1.05 bits per heavy atom. The fourth-order valence-corrected chi connectivity index (χ4v) is 5.12. The van der Waals surface area contributed by atoms with Crippen LogP contribution in [0.1, 0.15) is 77.2 Å². The quantitative estimate of drug-likeness (QED) is 0.300. The highest BCUT2D eigenvalue weighted by molar-refractivity contribution is 5.84. The number of hydrogen-bond donors (Lipinski definition) is 4. The number of piperidine rings is 1. The van der Waals surface area contributed by atoms with E-state index in [1.54, 1.807) is 17.0 Å². The molecule has 2 aliphatic heterocycles. The largest absolute Gasteiger partial charge is 0.387 e. The molecule has 0 amide bonds. The fourth-order valence-electron chi connectivity index (χ4n) is 5.12. The van der Waals surface area contributed by atoms with Crippen LogP contribution in [0.3, 0.4) is 0 Å². The van der Waals surface area contributed by atoms with Crippen molar-refractivity contribution < 1.29 is 19.5 Å². The molecule has 0 saturated carbocycles. The molecule has 2 saturated heterocycles. The highest BCUT2D eigenvalue weighted by Crippen LogP contribution is 2.40. The SMILES string of the molecule is CCc1cc(C2O[C@@H](n3cnc4c(NCCC(C)(C)C)nc(NCCN5CCCCC5)nc43)[C@H](O)[C@@H]2O)on1. The minimum atomic E-state index is -1.22. The Morgan fingerprint density at radius 2 is 1.85 bits per heavy atom. The summed E-state index contributed by atoms with van der Waals surface area (Å²) in [4.78, 5) is 16.6. The van der Waals surface area contributed by atoms with Crippen LogP contribution >= 0.6 is 0 Å².